The van der Waals surface area contributed by atoms with E-state index in [9.17, 15) is 4.79 Å². The van der Waals surface area contributed by atoms with E-state index >= 15 is 0 Å². The van der Waals surface area contributed by atoms with Gasteiger partial charge in [-0.1, -0.05) is 12.1 Å². The first kappa shape index (κ1) is 15.4. The van der Waals surface area contributed by atoms with Gasteiger partial charge < -0.3 is 20.2 Å². The summed E-state index contributed by atoms with van der Waals surface area (Å²) in [5, 5.41) is 3.89. The fourth-order valence-electron chi connectivity index (χ4n) is 2.19. The van der Waals surface area contributed by atoms with Crippen LogP contribution in [-0.4, -0.2) is 19.1 Å². The molecule has 5 nitrogen and oxygen atoms in total. The maximum Gasteiger partial charge on any atom is 0.220 e. The molecule has 0 aliphatic rings. The molecule has 1 unspecified atom stereocenters. The summed E-state index contributed by atoms with van der Waals surface area (Å²) in [4.78, 5) is 11.7. The molecule has 21 heavy (non-hydrogen) atoms. The van der Waals surface area contributed by atoms with Gasteiger partial charge in [0.2, 0.25) is 5.91 Å². The third kappa shape index (κ3) is 3.76. The summed E-state index contributed by atoms with van der Waals surface area (Å²) < 4.78 is 11.4. The van der Waals surface area contributed by atoms with E-state index in [2.05, 4.69) is 5.32 Å². The Kier molecular flexibility index (Phi) is 5.22. The van der Waals surface area contributed by atoms with Crippen molar-refractivity contribution in [3.8, 4) is 5.75 Å². The second-order valence-corrected chi connectivity index (χ2v) is 4.94. The van der Waals surface area contributed by atoms with Crippen LogP contribution in [0.1, 0.15) is 38.5 Å². The molecule has 0 aliphatic heterocycles. The number of furan rings is 1. The molecule has 0 saturated heterocycles. The number of nitrogens with two attached hydrogens (primary N) is 1. The Labute approximate surface area is 124 Å². The van der Waals surface area contributed by atoms with Gasteiger partial charge in [-0.3, -0.25) is 4.79 Å². The lowest BCUT2D eigenvalue weighted by Gasteiger charge is -2.11. The molecule has 2 aromatic rings. The second-order valence-electron chi connectivity index (χ2n) is 4.94. The lowest BCUT2D eigenvalue weighted by molar-refractivity contribution is -0.121. The van der Waals surface area contributed by atoms with E-state index in [4.69, 9.17) is 14.9 Å². The molecule has 0 bridgehead atoms. The van der Waals surface area contributed by atoms with Crippen molar-refractivity contribution >= 4 is 16.9 Å². The van der Waals surface area contributed by atoms with Crippen LogP contribution < -0.4 is 15.8 Å². The average Bonchev–Trinajstić information content (AvgIpc) is 2.90. The van der Waals surface area contributed by atoms with Gasteiger partial charge in [0.15, 0.2) is 11.3 Å². The fourth-order valence-corrected chi connectivity index (χ4v) is 2.19. The third-order valence-corrected chi connectivity index (χ3v) is 3.24. The number of hydrogen-bond donors (Lipinski definition) is 2. The molecule has 0 saturated carbocycles. The van der Waals surface area contributed by atoms with E-state index in [0.717, 1.165) is 22.5 Å². The van der Waals surface area contributed by atoms with E-state index in [0.29, 0.717) is 26.0 Å². The van der Waals surface area contributed by atoms with Gasteiger partial charge in [-0.25, -0.2) is 0 Å². The normalized spacial score (nSPS) is 12.3. The largest absolute Gasteiger partial charge is 0.490 e. The summed E-state index contributed by atoms with van der Waals surface area (Å²) in [6.45, 7) is 4.94. The summed E-state index contributed by atoms with van der Waals surface area (Å²) in [5.41, 5.74) is 6.12. The van der Waals surface area contributed by atoms with E-state index in [1.807, 2.05) is 38.1 Å². The first-order chi connectivity index (χ1) is 10.2. The Balaban J connectivity index is 2.14. The minimum Gasteiger partial charge on any atom is -0.490 e. The maximum absolute atomic E-state index is 11.7. The zero-order valence-corrected chi connectivity index (χ0v) is 12.5. The molecule has 0 radical (unpaired) electrons. The Morgan fingerprint density at radius 2 is 2.29 bits per heavy atom. The number of carbonyl (C=O) groups is 1. The summed E-state index contributed by atoms with van der Waals surface area (Å²) in [6, 6.07) is 7.53. The Morgan fingerprint density at radius 1 is 1.48 bits per heavy atom. The van der Waals surface area contributed by atoms with Gasteiger partial charge in [0, 0.05) is 11.8 Å². The highest BCUT2D eigenvalue weighted by Crippen LogP contribution is 2.31. The topological polar surface area (TPSA) is 77.5 Å². The van der Waals surface area contributed by atoms with E-state index in [1.165, 1.54) is 0 Å². The molecule has 1 aromatic carbocycles. The fraction of sp³-hybridized carbons (Fsp3) is 0.438. The van der Waals surface area contributed by atoms with Crippen LogP contribution in [0.15, 0.2) is 28.7 Å². The molecule has 0 aliphatic carbocycles. The van der Waals surface area contributed by atoms with Crippen molar-refractivity contribution in [3.05, 3.63) is 30.0 Å². The van der Waals surface area contributed by atoms with Crippen LogP contribution in [0.5, 0.6) is 5.75 Å². The van der Waals surface area contributed by atoms with Gasteiger partial charge in [-0.2, -0.15) is 0 Å². The minimum absolute atomic E-state index is 0.0153. The van der Waals surface area contributed by atoms with Gasteiger partial charge in [-0.15, -0.1) is 0 Å². The number of amides is 1. The molecule has 5 heteroatoms. The summed E-state index contributed by atoms with van der Waals surface area (Å²) in [6.07, 6.45) is 1.12. The number of rotatable bonds is 7. The van der Waals surface area contributed by atoms with Gasteiger partial charge in [-0.05, 0) is 38.9 Å². The van der Waals surface area contributed by atoms with Crippen molar-refractivity contribution in [1.29, 1.82) is 0 Å². The smallest absolute Gasteiger partial charge is 0.220 e. The summed E-state index contributed by atoms with van der Waals surface area (Å²) >= 11 is 0. The first-order valence-electron chi connectivity index (χ1n) is 7.30. The standard InChI is InChI=1S/C16H22N2O3/c1-3-20-13-7-4-6-12-10-14(21-16(12)13)11(2)18-15(19)8-5-9-17/h4,6-7,10-11H,3,5,8-9,17H2,1-2H3,(H,18,19). The number of benzene rings is 1. The monoisotopic (exact) mass is 290 g/mol. The molecule has 2 rings (SSSR count). The molecule has 1 amide bonds. The molecule has 1 heterocycles. The molecule has 0 spiro atoms. The van der Waals surface area contributed by atoms with E-state index in [1.54, 1.807) is 0 Å². The molecule has 0 fully saturated rings. The van der Waals surface area contributed by atoms with E-state index in [-0.39, 0.29) is 11.9 Å². The average molecular weight is 290 g/mol. The highest BCUT2D eigenvalue weighted by Gasteiger charge is 2.15. The van der Waals surface area contributed by atoms with Gasteiger partial charge in [0.25, 0.3) is 0 Å². The molecule has 3 N–H and O–H groups in total. The number of fused-ring (bicyclic) bond motifs is 1. The first-order valence-corrected chi connectivity index (χ1v) is 7.30. The van der Waals surface area contributed by atoms with Crippen LogP contribution in [0.4, 0.5) is 0 Å². The van der Waals surface area contributed by atoms with Crippen LogP contribution >= 0.6 is 0 Å². The SMILES string of the molecule is CCOc1cccc2cc(C(C)NC(=O)CCCN)oc12. The number of carbonyl (C=O) groups excluding carboxylic acids is 1. The van der Waals surface area contributed by atoms with Gasteiger partial charge >= 0.3 is 0 Å². The zero-order chi connectivity index (χ0) is 15.2. The number of para-hydroxylation sites is 1. The van der Waals surface area contributed by atoms with Crippen molar-refractivity contribution in [2.45, 2.75) is 32.7 Å². The Hall–Kier alpha value is -2.01. The summed E-state index contributed by atoms with van der Waals surface area (Å²) in [7, 11) is 0. The van der Waals surface area contributed by atoms with Crippen molar-refractivity contribution in [3.63, 3.8) is 0 Å². The lowest BCUT2D eigenvalue weighted by Crippen LogP contribution is -2.26. The molecule has 1 atom stereocenters. The second kappa shape index (κ2) is 7.13. The van der Waals surface area contributed by atoms with E-state index < -0.39 is 0 Å². The molecule has 114 valence electrons. The van der Waals surface area contributed by atoms with Crippen molar-refractivity contribution in [2.24, 2.45) is 5.73 Å². The van der Waals surface area contributed by atoms with Crippen LogP contribution in [0.25, 0.3) is 11.0 Å². The van der Waals surface area contributed by atoms with Crippen LogP contribution in [0, 0.1) is 0 Å². The Bertz CT molecular complexity index is 607. The highest BCUT2D eigenvalue weighted by molar-refractivity contribution is 5.84. The minimum atomic E-state index is -0.183. The number of ether oxygens (including phenoxy) is 1. The number of hydrogen-bond acceptors (Lipinski definition) is 4. The van der Waals surface area contributed by atoms with Crippen molar-refractivity contribution in [2.75, 3.05) is 13.2 Å². The quantitative estimate of drug-likeness (QED) is 0.822. The molecule has 1 aromatic heterocycles. The van der Waals surface area contributed by atoms with Gasteiger partial charge in [0.05, 0.1) is 12.6 Å². The summed E-state index contributed by atoms with van der Waals surface area (Å²) in [5.74, 6) is 1.43. The predicted octanol–water partition coefficient (Wildman–Crippen LogP) is 2.75. The zero-order valence-electron chi connectivity index (χ0n) is 12.5. The van der Waals surface area contributed by atoms with Gasteiger partial charge in [0.1, 0.15) is 5.76 Å². The maximum atomic E-state index is 11.7. The lowest BCUT2D eigenvalue weighted by atomic mass is 10.2. The predicted molar refractivity (Wildman–Crippen MR) is 82.2 cm³/mol. The highest BCUT2D eigenvalue weighted by atomic mass is 16.5. The third-order valence-electron chi connectivity index (χ3n) is 3.24. The van der Waals surface area contributed by atoms with Crippen LogP contribution in [0.3, 0.4) is 0 Å². The van der Waals surface area contributed by atoms with Crippen LogP contribution in [-0.2, 0) is 4.79 Å². The number of nitrogens with one attached hydrogen (secondary N) is 1. The Morgan fingerprint density at radius 3 is 3.00 bits per heavy atom. The van der Waals surface area contributed by atoms with Crippen molar-refractivity contribution in [1.82, 2.24) is 5.32 Å². The molecular weight excluding hydrogens is 268 g/mol. The molecular formula is C16H22N2O3. The van der Waals surface area contributed by atoms with Crippen LogP contribution in [0.2, 0.25) is 0 Å². The van der Waals surface area contributed by atoms with Crippen molar-refractivity contribution < 1.29 is 13.9 Å².